The molecular formula is C13H23N3O3. The molecule has 0 aromatic rings. The maximum atomic E-state index is 12.1. The SMILES string of the molecule is C=CCNCC(=O)N1CCOCC1C(=O)NCCC. The van der Waals surface area contributed by atoms with Crippen molar-refractivity contribution in [3.8, 4) is 0 Å². The van der Waals surface area contributed by atoms with Gasteiger partial charge in [-0.2, -0.15) is 0 Å². The maximum Gasteiger partial charge on any atom is 0.245 e. The van der Waals surface area contributed by atoms with Crippen molar-refractivity contribution >= 4 is 11.8 Å². The Labute approximate surface area is 114 Å². The highest BCUT2D eigenvalue weighted by molar-refractivity contribution is 5.88. The Morgan fingerprint density at radius 1 is 1.53 bits per heavy atom. The van der Waals surface area contributed by atoms with Crippen LogP contribution in [0.4, 0.5) is 0 Å². The molecular weight excluding hydrogens is 246 g/mol. The highest BCUT2D eigenvalue weighted by Crippen LogP contribution is 2.07. The van der Waals surface area contributed by atoms with Crippen LogP contribution >= 0.6 is 0 Å². The van der Waals surface area contributed by atoms with E-state index in [4.69, 9.17) is 4.74 Å². The molecule has 6 nitrogen and oxygen atoms in total. The lowest BCUT2D eigenvalue weighted by atomic mass is 10.2. The predicted octanol–water partition coefficient (Wildman–Crippen LogP) is -0.484. The first-order valence-corrected chi connectivity index (χ1v) is 6.67. The number of amides is 2. The quantitative estimate of drug-likeness (QED) is 0.483. The van der Waals surface area contributed by atoms with Gasteiger partial charge in [0.05, 0.1) is 19.8 Å². The smallest absolute Gasteiger partial charge is 0.245 e. The summed E-state index contributed by atoms with van der Waals surface area (Å²) in [6.45, 7) is 8.16. The Hall–Kier alpha value is -1.40. The molecule has 0 spiro atoms. The zero-order valence-corrected chi connectivity index (χ0v) is 11.5. The van der Waals surface area contributed by atoms with E-state index in [9.17, 15) is 9.59 Å². The fraction of sp³-hybridized carbons (Fsp3) is 0.692. The van der Waals surface area contributed by atoms with E-state index in [0.717, 1.165) is 6.42 Å². The van der Waals surface area contributed by atoms with Crippen molar-refractivity contribution in [2.75, 3.05) is 39.4 Å². The molecule has 2 amide bonds. The topological polar surface area (TPSA) is 70.7 Å². The normalized spacial score (nSPS) is 19.0. The molecule has 6 heteroatoms. The average Bonchev–Trinajstić information content (AvgIpc) is 2.45. The third-order valence-electron chi connectivity index (χ3n) is 2.87. The van der Waals surface area contributed by atoms with Gasteiger partial charge in [-0.1, -0.05) is 13.0 Å². The average molecular weight is 269 g/mol. The monoisotopic (exact) mass is 269 g/mol. The molecule has 0 aromatic heterocycles. The summed E-state index contributed by atoms with van der Waals surface area (Å²) in [6, 6.07) is -0.515. The van der Waals surface area contributed by atoms with Crippen molar-refractivity contribution in [2.24, 2.45) is 0 Å². The number of rotatable bonds is 7. The second-order valence-electron chi connectivity index (χ2n) is 4.39. The molecule has 19 heavy (non-hydrogen) atoms. The highest BCUT2D eigenvalue weighted by atomic mass is 16.5. The van der Waals surface area contributed by atoms with Crippen molar-refractivity contribution in [3.05, 3.63) is 12.7 Å². The number of nitrogens with one attached hydrogen (secondary N) is 2. The van der Waals surface area contributed by atoms with E-state index in [2.05, 4.69) is 17.2 Å². The van der Waals surface area contributed by atoms with Crippen LogP contribution in [0, 0.1) is 0 Å². The lowest BCUT2D eigenvalue weighted by molar-refractivity contribution is -0.147. The molecule has 0 aliphatic carbocycles. The van der Waals surface area contributed by atoms with Crippen LogP contribution < -0.4 is 10.6 Å². The zero-order valence-electron chi connectivity index (χ0n) is 11.5. The minimum absolute atomic E-state index is 0.0817. The van der Waals surface area contributed by atoms with E-state index < -0.39 is 6.04 Å². The van der Waals surface area contributed by atoms with Gasteiger partial charge in [0.2, 0.25) is 11.8 Å². The minimum atomic E-state index is -0.515. The predicted molar refractivity (Wildman–Crippen MR) is 72.7 cm³/mol. The molecule has 1 atom stereocenters. The Bertz CT molecular complexity index is 320. The molecule has 0 radical (unpaired) electrons. The summed E-state index contributed by atoms with van der Waals surface area (Å²) in [4.78, 5) is 25.6. The van der Waals surface area contributed by atoms with Crippen LogP contribution in [0.15, 0.2) is 12.7 Å². The van der Waals surface area contributed by atoms with Gasteiger partial charge in [-0.15, -0.1) is 6.58 Å². The van der Waals surface area contributed by atoms with E-state index in [1.807, 2.05) is 6.92 Å². The summed E-state index contributed by atoms with van der Waals surface area (Å²) in [5, 5.41) is 5.76. The Morgan fingerprint density at radius 3 is 3.00 bits per heavy atom. The number of hydrogen-bond donors (Lipinski definition) is 2. The summed E-state index contributed by atoms with van der Waals surface area (Å²) in [7, 11) is 0. The standard InChI is InChI=1S/C13H23N3O3/c1-3-5-14-9-12(17)16-7-8-19-10-11(16)13(18)15-6-4-2/h3,11,14H,1,4-10H2,2H3,(H,15,18). The first-order valence-electron chi connectivity index (χ1n) is 6.67. The van der Waals surface area contributed by atoms with E-state index in [1.54, 1.807) is 11.0 Å². The molecule has 1 saturated heterocycles. The molecule has 1 fully saturated rings. The summed E-state index contributed by atoms with van der Waals surface area (Å²) >= 11 is 0. The number of carbonyl (C=O) groups excluding carboxylic acids is 2. The number of hydrogen-bond acceptors (Lipinski definition) is 4. The third-order valence-corrected chi connectivity index (χ3v) is 2.87. The molecule has 1 aliphatic heterocycles. The lowest BCUT2D eigenvalue weighted by Gasteiger charge is -2.34. The van der Waals surface area contributed by atoms with Gasteiger partial charge in [0.1, 0.15) is 6.04 Å². The van der Waals surface area contributed by atoms with Gasteiger partial charge < -0.3 is 20.3 Å². The second-order valence-corrected chi connectivity index (χ2v) is 4.39. The fourth-order valence-corrected chi connectivity index (χ4v) is 1.87. The van der Waals surface area contributed by atoms with E-state index in [0.29, 0.717) is 26.2 Å². The van der Waals surface area contributed by atoms with Crippen molar-refractivity contribution < 1.29 is 14.3 Å². The van der Waals surface area contributed by atoms with Crippen molar-refractivity contribution in [1.82, 2.24) is 15.5 Å². The molecule has 108 valence electrons. The highest BCUT2D eigenvalue weighted by Gasteiger charge is 2.32. The number of morpholine rings is 1. The number of nitrogens with zero attached hydrogens (tertiary/aromatic N) is 1. The largest absolute Gasteiger partial charge is 0.377 e. The first-order chi connectivity index (χ1) is 9.20. The van der Waals surface area contributed by atoms with Gasteiger partial charge in [-0.05, 0) is 6.42 Å². The third kappa shape index (κ3) is 5.00. The summed E-state index contributed by atoms with van der Waals surface area (Å²) < 4.78 is 5.30. The van der Waals surface area contributed by atoms with Crippen LogP contribution in [-0.2, 0) is 14.3 Å². The van der Waals surface area contributed by atoms with Crippen LogP contribution in [0.1, 0.15) is 13.3 Å². The Kier molecular flexibility index (Phi) is 7.14. The Balaban J connectivity index is 2.53. The van der Waals surface area contributed by atoms with E-state index in [1.165, 1.54) is 0 Å². The van der Waals surface area contributed by atoms with Crippen molar-refractivity contribution in [3.63, 3.8) is 0 Å². The van der Waals surface area contributed by atoms with Crippen molar-refractivity contribution in [1.29, 1.82) is 0 Å². The van der Waals surface area contributed by atoms with Gasteiger partial charge in [-0.25, -0.2) is 0 Å². The van der Waals surface area contributed by atoms with Crippen LogP contribution in [-0.4, -0.2) is 62.1 Å². The lowest BCUT2D eigenvalue weighted by Crippen LogP contribution is -2.57. The van der Waals surface area contributed by atoms with Crippen LogP contribution in [0.3, 0.4) is 0 Å². The van der Waals surface area contributed by atoms with Gasteiger partial charge >= 0.3 is 0 Å². The van der Waals surface area contributed by atoms with E-state index >= 15 is 0 Å². The zero-order chi connectivity index (χ0) is 14.1. The molecule has 1 unspecified atom stereocenters. The summed E-state index contributed by atoms with van der Waals surface area (Å²) in [6.07, 6.45) is 2.56. The van der Waals surface area contributed by atoms with E-state index in [-0.39, 0.29) is 25.0 Å². The number of ether oxygens (including phenoxy) is 1. The van der Waals surface area contributed by atoms with Crippen LogP contribution in [0.5, 0.6) is 0 Å². The molecule has 1 heterocycles. The van der Waals surface area contributed by atoms with Gasteiger partial charge in [0.15, 0.2) is 0 Å². The van der Waals surface area contributed by atoms with Crippen LogP contribution in [0.2, 0.25) is 0 Å². The summed E-state index contributed by atoms with van der Waals surface area (Å²) in [5.74, 6) is -0.222. The van der Waals surface area contributed by atoms with Crippen LogP contribution in [0.25, 0.3) is 0 Å². The summed E-state index contributed by atoms with van der Waals surface area (Å²) in [5.41, 5.74) is 0. The van der Waals surface area contributed by atoms with Gasteiger partial charge in [0, 0.05) is 19.6 Å². The molecule has 0 bridgehead atoms. The molecule has 0 saturated carbocycles. The maximum absolute atomic E-state index is 12.1. The van der Waals surface area contributed by atoms with Crippen molar-refractivity contribution in [2.45, 2.75) is 19.4 Å². The second kappa shape index (κ2) is 8.66. The Morgan fingerprint density at radius 2 is 2.32 bits per heavy atom. The fourth-order valence-electron chi connectivity index (χ4n) is 1.87. The molecule has 2 N–H and O–H groups in total. The first kappa shape index (κ1) is 15.7. The molecule has 0 aromatic carbocycles. The molecule has 1 aliphatic rings. The van der Waals surface area contributed by atoms with Gasteiger partial charge in [-0.3, -0.25) is 9.59 Å². The number of carbonyl (C=O) groups is 2. The van der Waals surface area contributed by atoms with Gasteiger partial charge in [0.25, 0.3) is 0 Å². The minimum Gasteiger partial charge on any atom is -0.377 e. The molecule has 1 rings (SSSR count).